The summed E-state index contributed by atoms with van der Waals surface area (Å²) in [5.41, 5.74) is 8.47. The van der Waals surface area contributed by atoms with Gasteiger partial charge in [0.15, 0.2) is 0 Å². The molecule has 2 rings (SSSR count). The van der Waals surface area contributed by atoms with Crippen LogP contribution in [0.1, 0.15) is 17.1 Å². The molecule has 0 aromatic carbocycles. The summed E-state index contributed by atoms with van der Waals surface area (Å²) in [6.45, 7) is 4.52. The lowest BCUT2D eigenvalue weighted by molar-refractivity contribution is 0.648. The number of rotatable bonds is 2. The highest BCUT2D eigenvalue weighted by atomic mass is 15.3. The summed E-state index contributed by atoms with van der Waals surface area (Å²) in [4.78, 5) is 8.44. The van der Waals surface area contributed by atoms with E-state index in [2.05, 4.69) is 15.1 Å². The van der Waals surface area contributed by atoms with E-state index in [1.165, 1.54) is 0 Å². The second-order valence-electron chi connectivity index (χ2n) is 3.46. The van der Waals surface area contributed by atoms with Gasteiger partial charge < -0.3 is 5.73 Å². The second kappa shape index (κ2) is 3.68. The molecule has 5 heteroatoms. The van der Waals surface area contributed by atoms with Gasteiger partial charge in [0.05, 0.1) is 17.9 Å². The summed E-state index contributed by atoms with van der Waals surface area (Å²) in [5.74, 6) is 0.536. The molecule has 2 aromatic heterocycles. The topological polar surface area (TPSA) is 69.6 Å². The first-order valence-electron chi connectivity index (χ1n) is 4.73. The third-order valence-electron chi connectivity index (χ3n) is 2.28. The highest BCUT2D eigenvalue weighted by Gasteiger charge is 2.05. The van der Waals surface area contributed by atoms with Gasteiger partial charge in [-0.2, -0.15) is 5.10 Å². The van der Waals surface area contributed by atoms with Crippen LogP contribution < -0.4 is 5.73 Å². The molecule has 2 heterocycles. The van der Waals surface area contributed by atoms with Crippen molar-refractivity contribution in [1.82, 2.24) is 19.7 Å². The summed E-state index contributed by atoms with van der Waals surface area (Å²) in [6, 6.07) is 1.84. The molecule has 2 N–H and O–H groups in total. The first-order valence-corrected chi connectivity index (χ1v) is 4.73. The zero-order valence-corrected chi connectivity index (χ0v) is 8.81. The standard InChI is InChI=1S/C10H13N5/c1-7-5-10(11)14-15(7)6-9-8(2)12-3-4-13-9/h3-5H,6H2,1-2H3,(H2,11,14). The zero-order chi connectivity index (χ0) is 10.8. The summed E-state index contributed by atoms with van der Waals surface area (Å²) in [5, 5.41) is 4.17. The minimum Gasteiger partial charge on any atom is -0.382 e. The molecule has 0 amide bonds. The molecule has 15 heavy (non-hydrogen) atoms. The van der Waals surface area contributed by atoms with Crippen molar-refractivity contribution in [3.8, 4) is 0 Å². The van der Waals surface area contributed by atoms with Crippen molar-refractivity contribution in [3.63, 3.8) is 0 Å². The Kier molecular flexibility index (Phi) is 2.37. The van der Waals surface area contributed by atoms with E-state index in [1.54, 1.807) is 12.4 Å². The molecule has 2 aromatic rings. The molecular formula is C10H13N5. The van der Waals surface area contributed by atoms with Crippen LogP contribution in [0.25, 0.3) is 0 Å². The third kappa shape index (κ3) is 1.96. The second-order valence-corrected chi connectivity index (χ2v) is 3.46. The minimum absolute atomic E-state index is 0.536. The fourth-order valence-electron chi connectivity index (χ4n) is 1.43. The molecule has 0 saturated heterocycles. The number of aromatic nitrogens is 4. The molecule has 0 atom stereocenters. The Labute approximate surface area is 88.0 Å². The van der Waals surface area contributed by atoms with Crippen LogP contribution in [-0.2, 0) is 6.54 Å². The summed E-state index contributed by atoms with van der Waals surface area (Å²) >= 11 is 0. The van der Waals surface area contributed by atoms with Gasteiger partial charge in [-0.3, -0.25) is 14.6 Å². The average molecular weight is 203 g/mol. The van der Waals surface area contributed by atoms with Crippen LogP contribution in [0, 0.1) is 13.8 Å². The summed E-state index contributed by atoms with van der Waals surface area (Å²) in [7, 11) is 0. The number of hydrogen-bond acceptors (Lipinski definition) is 4. The lowest BCUT2D eigenvalue weighted by atomic mass is 10.3. The van der Waals surface area contributed by atoms with E-state index in [0.29, 0.717) is 12.4 Å². The molecular weight excluding hydrogens is 190 g/mol. The number of anilines is 1. The van der Waals surface area contributed by atoms with Crippen LogP contribution in [0.3, 0.4) is 0 Å². The van der Waals surface area contributed by atoms with Crippen molar-refractivity contribution < 1.29 is 0 Å². The van der Waals surface area contributed by atoms with Gasteiger partial charge in [-0.1, -0.05) is 0 Å². The maximum absolute atomic E-state index is 5.60. The van der Waals surface area contributed by atoms with Crippen LogP contribution in [0.5, 0.6) is 0 Å². The van der Waals surface area contributed by atoms with Crippen LogP contribution in [-0.4, -0.2) is 19.7 Å². The normalized spacial score (nSPS) is 10.5. The predicted molar refractivity (Wildman–Crippen MR) is 57.2 cm³/mol. The molecule has 0 bridgehead atoms. The van der Waals surface area contributed by atoms with Crippen molar-refractivity contribution in [2.24, 2.45) is 0 Å². The quantitative estimate of drug-likeness (QED) is 0.788. The fourth-order valence-corrected chi connectivity index (χ4v) is 1.43. The molecule has 78 valence electrons. The van der Waals surface area contributed by atoms with Gasteiger partial charge in [0.25, 0.3) is 0 Å². The average Bonchev–Trinajstić information content (AvgIpc) is 2.49. The van der Waals surface area contributed by atoms with E-state index in [9.17, 15) is 0 Å². The third-order valence-corrected chi connectivity index (χ3v) is 2.28. The van der Waals surface area contributed by atoms with Gasteiger partial charge in [-0.05, 0) is 13.8 Å². The fraction of sp³-hybridized carbons (Fsp3) is 0.300. The van der Waals surface area contributed by atoms with E-state index in [-0.39, 0.29) is 0 Å². The predicted octanol–water partition coefficient (Wildman–Crippen LogP) is 0.920. The monoisotopic (exact) mass is 203 g/mol. The molecule has 0 unspecified atom stereocenters. The molecule has 0 aliphatic rings. The Balaban J connectivity index is 2.29. The van der Waals surface area contributed by atoms with Crippen molar-refractivity contribution >= 4 is 5.82 Å². The first kappa shape index (κ1) is 9.64. The van der Waals surface area contributed by atoms with Gasteiger partial charge >= 0.3 is 0 Å². The van der Waals surface area contributed by atoms with Crippen molar-refractivity contribution in [2.45, 2.75) is 20.4 Å². The van der Waals surface area contributed by atoms with Crippen LogP contribution in [0.2, 0.25) is 0 Å². The van der Waals surface area contributed by atoms with Gasteiger partial charge in [0.1, 0.15) is 5.82 Å². The Morgan fingerprint density at radius 1 is 1.27 bits per heavy atom. The molecule has 0 aliphatic carbocycles. The molecule has 5 nitrogen and oxygen atoms in total. The smallest absolute Gasteiger partial charge is 0.145 e. The SMILES string of the molecule is Cc1nccnc1Cn1nc(N)cc1C. The molecule has 0 spiro atoms. The number of nitrogen functional groups attached to an aromatic ring is 1. The maximum Gasteiger partial charge on any atom is 0.145 e. The van der Waals surface area contributed by atoms with Crippen molar-refractivity contribution in [3.05, 3.63) is 35.5 Å². The highest BCUT2D eigenvalue weighted by molar-refractivity contribution is 5.29. The lowest BCUT2D eigenvalue weighted by Gasteiger charge is -2.05. The molecule has 0 aliphatic heterocycles. The Bertz CT molecular complexity index is 474. The number of hydrogen-bond donors (Lipinski definition) is 1. The first-order chi connectivity index (χ1) is 7.16. The van der Waals surface area contributed by atoms with Crippen LogP contribution in [0.15, 0.2) is 18.5 Å². The summed E-state index contributed by atoms with van der Waals surface area (Å²) < 4.78 is 1.83. The lowest BCUT2D eigenvalue weighted by Crippen LogP contribution is -2.08. The van der Waals surface area contributed by atoms with Gasteiger partial charge in [0.2, 0.25) is 0 Å². The number of aryl methyl sites for hydroxylation is 2. The van der Waals surface area contributed by atoms with E-state index < -0.39 is 0 Å². The number of nitrogens with two attached hydrogens (primary N) is 1. The Morgan fingerprint density at radius 2 is 2.00 bits per heavy atom. The van der Waals surface area contributed by atoms with E-state index in [0.717, 1.165) is 17.1 Å². The molecule has 0 saturated carbocycles. The minimum atomic E-state index is 0.536. The van der Waals surface area contributed by atoms with E-state index in [1.807, 2.05) is 24.6 Å². The number of nitrogens with zero attached hydrogens (tertiary/aromatic N) is 4. The van der Waals surface area contributed by atoms with Crippen LogP contribution >= 0.6 is 0 Å². The van der Waals surface area contributed by atoms with E-state index in [4.69, 9.17) is 5.73 Å². The molecule has 0 radical (unpaired) electrons. The maximum atomic E-state index is 5.60. The van der Waals surface area contributed by atoms with Crippen LogP contribution in [0.4, 0.5) is 5.82 Å². The van der Waals surface area contributed by atoms with Crippen molar-refractivity contribution in [2.75, 3.05) is 5.73 Å². The van der Waals surface area contributed by atoms with Crippen molar-refractivity contribution in [1.29, 1.82) is 0 Å². The van der Waals surface area contributed by atoms with E-state index >= 15 is 0 Å². The van der Waals surface area contributed by atoms with Gasteiger partial charge in [-0.15, -0.1) is 0 Å². The Morgan fingerprint density at radius 3 is 2.60 bits per heavy atom. The zero-order valence-electron chi connectivity index (χ0n) is 8.81. The Hall–Kier alpha value is -1.91. The summed E-state index contributed by atoms with van der Waals surface area (Å²) in [6.07, 6.45) is 3.37. The molecule has 0 fully saturated rings. The highest BCUT2D eigenvalue weighted by Crippen LogP contribution is 2.08. The largest absolute Gasteiger partial charge is 0.382 e. The van der Waals surface area contributed by atoms with Gasteiger partial charge in [-0.25, -0.2) is 0 Å². The van der Waals surface area contributed by atoms with Gasteiger partial charge in [0, 0.05) is 24.2 Å².